The smallest absolute Gasteiger partial charge is 0.0697 e. The van der Waals surface area contributed by atoms with E-state index in [0.717, 1.165) is 6.54 Å². The topological polar surface area (TPSA) is 35.8 Å². The second-order valence-electron chi connectivity index (χ2n) is 5.13. The van der Waals surface area contributed by atoms with Gasteiger partial charge in [0, 0.05) is 12.6 Å². The van der Waals surface area contributed by atoms with Crippen LogP contribution in [0.1, 0.15) is 59.8 Å². The monoisotopic (exact) mass is 210 g/mol. The molecule has 0 saturated heterocycles. The SMILES string of the molecule is CCCCCCC(C)NCC(C)(C)C#N. The molecule has 0 aromatic carbocycles. The Morgan fingerprint density at radius 3 is 2.47 bits per heavy atom. The zero-order chi connectivity index (χ0) is 11.7. The van der Waals surface area contributed by atoms with Gasteiger partial charge < -0.3 is 5.32 Å². The number of hydrogen-bond acceptors (Lipinski definition) is 2. The highest BCUT2D eigenvalue weighted by Crippen LogP contribution is 2.12. The number of nitriles is 1. The van der Waals surface area contributed by atoms with Crippen molar-refractivity contribution in [3.8, 4) is 6.07 Å². The molecule has 0 fully saturated rings. The van der Waals surface area contributed by atoms with E-state index < -0.39 is 0 Å². The summed E-state index contributed by atoms with van der Waals surface area (Å²) in [5, 5.41) is 12.3. The standard InChI is InChI=1S/C13H26N2/c1-5-6-7-8-9-12(2)15-11-13(3,4)10-14/h12,15H,5-9,11H2,1-4H3. The van der Waals surface area contributed by atoms with Crippen LogP contribution in [0.3, 0.4) is 0 Å². The zero-order valence-electron chi connectivity index (χ0n) is 10.8. The quantitative estimate of drug-likeness (QED) is 0.623. The van der Waals surface area contributed by atoms with Crippen molar-refractivity contribution < 1.29 is 0 Å². The third-order valence-electron chi connectivity index (χ3n) is 2.69. The van der Waals surface area contributed by atoms with Crippen molar-refractivity contribution in [2.75, 3.05) is 6.54 Å². The summed E-state index contributed by atoms with van der Waals surface area (Å²) in [6.07, 6.45) is 6.50. The molecule has 1 unspecified atom stereocenters. The van der Waals surface area contributed by atoms with Gasteiger partial charge in [-0.2, -0.15) is 5.26 Å². The Balaban J connectivity index is 3.50. The lowest BCUT2D eigenvalue weighted by Gasteiger charge is -2.20. The highest BCUT2D eigenvalue weighted by Gasteiger charge is 2.16. The summed E-state index contributed by atoms with van der Waals surface area (Å²) in [6, 6.07) is 2.85. The van der Waals surface area contributed by atoms with Crippen LogP contribution in [0, 0.1) is 16.7 Å². The second-order valence-corrected chi connectivity index (χ2v) is 5.13. The Bertz CT molecular complexity index is 191. The number of unbranched alkanes of at least 4 members (excludes halogenated alkanes) is 3. The third-order valence-corrected chi connectivity index (χ3v) is 2.69. The van der Waals surface area contributed by atoms with Crippen molar-refractivity contribution >= 4 is 0 Å². The van der Waals surface area contributed by atoms with E-state index in [1.54, 1.807) is 0 Å². The first-order chi connectivity index (χ1) is 7.02. The van der Waals surface area contributed by atoms with E-state index in [1.165, 1.54) is 32.1 Å². The van der Waals surface area contributed by atoms with Gasteiger partial charge in [0.05, 0.1) is 11.5 Å². The largest absolute Gasteiger partial charge is 0.313 e. The van der Waals surface area contributed by atoms with Crippen molar-refractivity contribution in [1.29, 1.82) is 5.26 Å². The van der Waals surface area contributed by atoms with Gasteiger partial charge in [-0.25, -0.2) is 0 Å². The molecule has 0 heterocycles. The molecule has 0 aromatic rings. The van der Waals surface area contributed by atoms with E-state index in [4.69, 9.17) is 5.26 Å². The maximum absolute atomic E-state index is 8.86. The molecule has 1 atom stereocenters. The fourth-order valence-electron chi connectivity index (χ4n) is 1.45. The van der Waals surface area contributed by atoms with E-state index >= 15 is 0 Å². The summed E-state index contributed by atoms with van der Waals surface area (Å²) in [4.78, 5) is 0. The normalized spacial score (nSPS) is 13.5. The number of nitrogens with zero attached hydrogens (tertiary/aromatic N) is 1. The van der Waals surface area contributed by atoms with Gasteiger partial charge in [0.2, 0.25) is 0 Å². The van der Waals surface area contributed by atoms with Crippen molar-refractivity contribution in [2.45, 2.75) is 65.8 Å². The Hall–Kier alpha value is -0.550. The van der Waals surface area contributed by atoms with Crippen LogP contribution in [-0.2, 0) is 0 Å². The Labute approximate surface area is 95.1 Å². The van der Waals surface area contributed by atoms with Crippen LogP contribution >= 0.6 is 0 Å². The highest BCUT2D eigenvalue weighted by molar-refractivity contribution is 4.93. The molecule has 2 nitrogen and oxygen atoms in total. The van der Waals surface area contributed by atoms with Crippen molar-refractivity contribution in [1.82, 2.24) is 5.32 Å². The first-order valence-electron chi connectivity index (χ1n) is 6.16. The molecular formula is C13H26N2. The van der Waals surface area contributed by atoms with E-state index in [2.05, 4.69) is 25.2 Å². The molecular weight excluding hydrogens is 184 g/mol. The summed E-state index contributed by atoms with van der Waals surface area (Å²) in [7, 11) is 0. The lowest BCUT2D eigenvalue weighted by Crippen LogP contribution is -2.34. The Morgan fingerprint density at radius 2 is 1.93 bits per heavy atom. The van der Waals surface area contributed by atoms with Gasteiger partial charge in [-0.3, -0.25) is 0 Å². The third kappa shape index (κ3) is 8.44. The number of nitrogens with one attached hydrogen (secondary N) is 1. The van der Waals surface area contributed by atoms with Gasteiger partial charge in [-0.15, -0.1) is 0 Å². The average molecular weight is 210 g/mol. The predicted molar refractivity (Wildman–Crippen MR) is 65.6 cm³/mol. The summed E-state index contributed by atoms with van der Waals surface area (Å²) < 4.78 is 0. The molecule has 0 spiro atoms. The summed E-state index contributed by atoms with van der Waals surface area (Å²) >= 11 is 0. The molecule has 1 N–H and O–H groups in total. The van der Waals surface area contributed by atoms with Crippen LogP contribution in [0.15, 0.2) is 0 Å². The first kappa shape index (κ1) is 14.5. The maximum atomic E-state index is 8.86. The average Bonchev–Trinajstić information content (AvgIpc) is 2.22. The molecule has 0 radical (unpaired) electrons. The van der Waals surface area contributed by atoms with Gasteiger partial charge in [0.25, 0.3) is 0 Å². The van der Waals surface area contributed by atoms with Gasteiger partial charge in [-0.05, 0) is 27.2 Å². The molecule has 0 amide bonds. The summed E-state index contributed by atoms with van der Waals surface area (Å²) in [5.74, 6) is 0. The molecule has 88 valence electrons. The van der Waals surface area contributed by atoms with E-state index in [-0.39, 0.29) is 5.41 Å². The molecule has 2 heteroatoms. The molecule has 0 aliphatic heterocycles. The van der Waals surface area contributed by atoms with Crippen LogP contribution in [-0.4, -0.2) is 12.6 Å². The molecule has 0 saturated carbocycles. The van der Waals surface area contributed by atoms with Gasteiger partial charge in [-0.1, -0.05) is 32.6 Å². The van der Waals surface area contributed by atoms with E-state index in [1.807, 2.05) is 13.8 Å². The molecule has 0 aromatic heterocycles. The zero-order valence-corrected chi connectivity index (χ0v) is 10.8. The van der Waals surface area contributed by atoms with Crippen molar-refractivity contribution in [3.63, 3.8) is 0 Å². The van der Waals surface area contributed by atoms with Crippen molar-refractivity contribution in [3.05, 3.63) is 0 Å². The van der Waals surface area contributed by atoms with E-state index in [0.29, 0.717) is 6.04 Å². The van der Waals surface area contributed by atoms with Crippen LogP contribution in [0.25, 0.3) is 0 Å². The van der Waals surface area contributed by atoms with Gasteiger partial charge in [0.15, 0.2) is 0 Å². The van der Waals surface area contributed by atoms with Crippen LogP contribution in [0.4, 0.5) is 0 Å². The van der Waals surface area contributed by atoms with E-state index in [9.17, 15) is 0 Å². The molecule has 0 aliphatic carbocycles. The molecule has 0 bridgehead atoms. The molecule has 0 rings (SSSR count). The fourth-order valence-corrected chi connectivity index (χ4v) is 1.45. The lowest BCUT2D eigenvalue weighted by molar-refractivity contribution is 0.392. The number of hydrogen-bond donors (Lipinski definition) is 1. The summed E-state index contributed by atoms with van der Waals surface area (Å²) in [5.41, 5.74) is -0.238. The fraction of sp³-hybridized carbons (Fsp3) is 0.923. The lowest BCUT2D eigenvalue weighted by atomic mass is 9.95. The highest BCUT2D eigenvalue weighted by atomic mass is 14.9. The van der Waals surface area contributed by atoms with Crippen LogP contribution < -0.4 is 5.32 Å². The predicted octanol–water partition coefficient (Wildman–Crippen LogP) is 3.48. The van der Waals surface area contributed by atoms with Crippen LogP contribution in [0.2, 0.25) is 0 Å². The Morgan fingerprint density at radius 1 is 1.27 bits per heavy atom. The van der Waals surface area contributed by atoms with Crippen molar-refractivity contribution in [2.24, 2.45) is 5.41 Å². The minimum Gasteiger partial charge on any atom is -0.313 e. The summed E-state index contributed by atoms with van der Waals surface area (Å²) in [6.45, 7) is 9.18. The Kier molecular flexibility index (Phi) is 7.42. The molecule has 0 aliphatic rings. The van der Waals surface area contributed by atoms with Gasteiger partial charge >= 0.3 is 0 Å². The minimum atomic E-state index is -0.238. The first-order valence-corrected chi connectivity index (χ1v) is 6.16. The number of rotatable bonds is 8. The molecule has 15 heavy (non-hydrogen) atoms. The maximum Gasteiger partial charge on any atom is 0.0697 e. The van der Waals surface area contributed by atoms with Crippen LogP contribution in [0.5, 0.6) is 0 Å². The van der Waals surface area contributed by atoms with Gasteiger partial charge in [0.1, 0.15) is 0 Å². The second kappa shape index (κ2) is 7.70. The minimum absolute atomic E-state index is 0.238.